The van der Waals surface area contributed by atoms with Crippen LogP contribution in [0.1, 0.15) is 17.0 Å². The number of carboxylic acid groups (broad SMARTS) is 1. The Morgan fingerprint density at radius 1 is 1.20 bits per heavy atom. The molecule has 2 aromatic heterocycles. The van der Waals surface area contributed by atoms with Crippen molar-refractivity contribution < 1.29 is 19.4 Å². The summed E-state index contributed by atoms with van der Waals surface area (Å²) in [6, 6.07) is 13.1. The van der Waals surface area contributed by atoms with E-state index in [1.807, 2.05) is 53.1 Å². The third kappa shape index (κ3) is 3.79. The monoisotopic (exact) mass is 336 g/mol. The van der Waals surface area contributed by atoms with Gasteiger partial charge in [-0.2, -0.15) is 0 Å². The molecule has 25 heavy (non-hydrogen) atoms. The van der Waals surface area contributed by atoms with Gasteiger partial charge in [0.15, 0.2) is 0 Å². The zero-order valence-electron chi connectivity index (χ0n) is 13.6. The van der Waals surface area contributed by atoms with Gasteiger partial charge in [0.05, 0.1) is 19.3 Å². The Morgan fingerprint density at radius 3 is 2.80 bits per heavy atom. The van der Waals surface area contributed by atoms with Gasteiger partial charge in [0.2, 0.25) is 0 Å². The molecule has 1 N–H and O–H groups in total. The second-order valence-electron chi connectivity index (χ2n) is 5.17. The fourth-order valence-corrected chi connectivity index (χ4v) is 2.39. The molecule has 6 heteroatoms. The Morgan fingerprint density at radius 2 is 2.00 bits per heavy atom. The van der Waals surface area contributed by atoms with Crippen molar-refractivity contribution in [3.8, 4) is 17.6 Å². The Balaban J connectivity index is 1.99. The van der Waals surface area contributed by atoms with Crippen LogP contribution in [-0.2, 0) is 16.1 Å². The molecule has 0 saturated heterocycles. The summed E-state index contributed by atoms with van der Waals surface area (Å²) in [5.41, 5.74) is 2.73. The summed E-state index contributed by atoms with van der Waals surface area (Å²) in [7, 11) is 1.60. The van der Waals surface area contributed by atoms with Gasteiger partial charge in [0.1, 0.15) is 29.4 Å². The maximum Gasteiger partial charge on any atom is 0.329 e. The zero-order valence-corrected chi connectivity index (χ0v) is 13.6. The van der Waals surface area contributed by atoms with Gasteiger partial charge in [0, 0.05) is 6.20 Å². The molecule has 6 nitrogen and oxygen atoms in total. The standard InChI is InChI=1S/C19H16N2O4/c1-24-17-7-3-2-6-14(17)9-10-16-15(12-25-13-19(22)23)20-18-8-4-5-11-21(16)18/h2-8,11H,12-13H2,1H3,(H,22,23). The minimum atomic E-state index is -1.02. The fourth-order valence-electron chi connectivity index (χ4n) is 2.39. The lowest BCUT2D eigenvalue weighted by molar-refractivity contribution is -0.142. The number of carbonyl (C=O) groups is 1. The summed E-state index contributed by atoms with van der Waals surface area (Å²) in [5.74, 6) is 5.86. The van der Waals surface area contributed by atoms with Gasteiger partial charge < -0.3 is 14.6 Å². The number of benzene rings is 1. The molecule has 0 aliphatic rings. The average molecular weight is 336 g/mol. The summed E-state index contributed by atoms with van der Waals surface area (Å²) in [5, 5.41) is 8.72. The van der Waals surface area contributed by atoms with Crippen molar-refractivity contribution in [1.82, 2.24) is 9.38 Å². The molecule has 126 valence electrons. The van der Waals surface area contributed by atoms with E-state index in [0.29, 0.717) is 17.1 Å². The number of imidazole rings is 1. The molecule has 1 aromatic carbocycles. The number of ether oxygens (including phenoxy) is 2. The largest absolute Gasteiger partial charge is 0.495 e. The van der Waals surface area contributed by atoms with Crippen LogP contribution in [0.2, 0.25) is 0 Å². The van der Waals surface area contributed by atoms with E-state index in [-0.39, 0.29) is 13.2 Å². The van der Waals surface area contributed by atoms with Gasteiger partial charge in [-0.1, -0.05) is 24.1 Å². The highest BCUT2D eigenvalue weighted by Gasteiger charge is 2.11. The van der Waals surface area contributed by atoms with Crippen molar-refractivity contribution in [2.45, 2.75) is 6.61 Å². The molecule has 0 aliphatic carbocycles. The summed E-state index contributed by atoms with van der Waals surface area (Å²) in [6.45, 7) is -0.308. The number of fused-ring (bicyclic) bond motifs is 1. The molecule has 0 aliphatic heterocycles. The second-order valence-corrected chi connectivity index (χ2v) is 5.17. The lowest BCUT2D eigenvalue weighted by Gasteiger charge is -2.02. The highest BCUT2D eigenvalue weighted by Crippen LogP contribution is 2.17. The van der Waals surface area contributed by atoms with Crippen LogP contribution in [0.3, 0.4) is 0 Å². The summed E-state index contributed by atoms with van der Waals surface area (Å²) >= 11 is 0. The minimum Gasteiger partial charge on any atom is -0.495 e. The van der Waals surface area contributed by atoms with Gasteiger partial charge in [-0.3, -0.25) is 4.40 Å². The van der Waals surface area contributed by atoms with E-state index in [4.69, 9.17) is 14.6 Å². The predicted octanol–water partition coefficient (Wildman–Crippen LogP) is 2.34. The van der Waals surface area contributed by atoms with E-state index in [2.05, 4.69) is 16.8 Å². The number of rotatable bonds is 5. The highest BCUT2D eigenvalue weighted by molar-refractivity contribution is 5.68. The third-order valence-corrected chi connectivity index (χ3v) is 3.49. The average Bonchev–Trinajstić information content (AvgIpc) is 2.97. The van der Waals surface area contributed by atoms with E-state index in [1.54, 1.807) is 7.11 Å². The quantitative estimate of drug-likeness (QED) is 0.724. The maximum atomic E-state index is 10.6. The number of aromatic nitrogens is 2. The molecular formula is C19H16N2O4. The molecule has 3 aromatic rings. The number of carboxylic acids is 1. The number of pyridine rings is 1. The van der Waals surface area contributed by atoms with Gasteiger partial charge in [-0.05, 0) is 30.2 Å². The number of aliphatic carboxylic acids is 1. The van der Waals surface area contributed by atoms with Crippen molar-refractivity contribution in [3.05, 3.63) is 65.6 Å². The van der Waals surface area contributed by atoms with Crippen molar-refractivity contribution in [2.24, 2.45) is 0 Å². The first kappa shape index (κ1) is 16.6. The topological polar surface area (TPSA) is 73.1 Å². The van der Waals surface area contributed by atoms with Crippen LogP contribution in [0.5, 0.6) is 5.75 Å². The molecule has 0 saturated carbocycles. The van der Waals surface area contributed by atoms with Crippen molar-refractivity contribution in [3.63, 3.8) is 0 Å². The van der Waals surface area contributed by atoms with Crippen LogP contribution in [-0.4, -0.2) is 34.2 Å². The van der Waals surface area contributed by atoms with Crippen LogP contribution in [0.15, 0.2) is 48.7 Å². The van der Waals surface area contributed by atoms with E-state index < -0.39 is 5.97 Å². The molecule has 2 heterocycles. The zero-order chi connectivity index (χ0) is 17.6. The van der Waals surface area contributed by atoms with Crippen LogP contribution >= 0.6 is 0 Å². The molecule has 0 amide bonds. The number of para-hydroxylation sites is 1. The van der Waals surface area contributed by atoms with Gasteiger partial charge in [-0.25, -0.2) is 9.78 Å². The fraction of sp³-hybridized carbons (Fsp3) is 0.158. The normalized spacial score (nSPS) is 10.3. The third-order valence-electron chi connectivity index (χ3n) is 3.49. The first-order valence-electron chi connectivity index (χ1n) is 7.59. The van der Waals surface area contributed by atoms with Crippen LogP contribution in [0, 0.1) is 11.8 Å². The first-order valence-corrected chi connectivity index (χ1v) is 7.59. The van der Waals surface area contributed by atoms with Crippen LogP contribution in [0.4, 0.5) is 0 Å². The molecule has 0 radical (unpaired) electrons. The van der Waals surface area contributed by atoms with Crippen LogP contribution in [0.25, 0.3) is 5.65 Å². The molecule has 0 bridgehead atoms. The molecule has 3 rings (SSSR count). The van der Waals surface area contributed by atoms with E-state index in [1.165, 1.54) is 0 Å². The number of methoxy groups -OCH3 is 1. The Hall–Kier alpha value is -3.30. The van der Waals surface area contributed by atoms with Gasteiger partial charge in [-0.15, -0.1) is 0 Å². The molecular weight excluding hydrogens is 320 g/mol. The Bertz CT molecular complexity index is 966. The summed E-state index contributed by atoms with van der Waals surface area (Å²) in [6.07, 6.45) is 1.86. The Kier molecular flexibility index (Phi) is 4.97. The van der Waals surface area contributed by atoms with Gasteiger partial charge >= 0.3 is 5.97 Å². The molecule has 0 fully saturated rings. The first-order chi connectivity index (χ1) is 12.2. The number of nitrogens with zero attached hydrogens (tertiary/aromatic N) is 2. The maximum absolute atomic E-state index is 10.6. The highest BCUT2D eigenvalue weighted by atomic mass is 16.5. The van der Waals surface area contributed by atoms with Crippen molar-refractivity contribution in [1.29, 1.82) is 0 Å². The number of hydrogen-bond donors (Lipinski definition) is 1. The SMILES string of the molecule is COc1ccccc1C#Cc1c(COCC(=O)O)nc2ccccn12. The van der Waals surface area contributed by atoms with E-state index >= 15 is 0 Å². The summed E-state index contributed by atoms with van der Waals surface area (Å²) in [4.78, 5) is 15.1. The van der Waals surface area contributed by atoms with E-state index in [9.17, 15) is 4.79 Å². The lowest BCUT2D eigenvalue weighted by Crippen LogP contribution is -2.07. The lowest BCUT2D eigenvalue weighted by atomic mass is 10.2. The molecule has 0 spiro atoms. The molecule has 0 unspecified atom stereocenters. The summed E-state index contributed by atoms with van der Waals surface area (Å²) < 4.78 is 12.3. The van der Waals surface area contributed by atoms with Crippen molar-refractivity contribution in [2.75, 3.05) is 13.7 Å². The Labute approximate surface area is 144 Å². The molecule has 0 atom stereocenters. The minimum absolute atomic E-state index is 0.0733. The van der Waals surface area contributed by atoms with Gasteiger partial charge in [0.25, 0.3) is 0 Å². The van der Waals surface area contributed by atoms with Crippen LogP contribution < -0.4 is 4.74 Å². The van der Waals surface area contributed by atoms with E-state index in [0.717, 1.165) is 11.2 Å². The van der Waals surface area contributed by atoms with Crippen molar-refractivity contribution >= 4 is 11.6 Å². The smallest absolute Gasteiger partial charge is 0.329 e. The second kappa shape index (κ2) is 7.51. The predicted molar refractivity (Wildman–Crippen MR) is 91.5 cm³/mol. The number of hydrogen-bond acceptors (Lipinski definition) is 4.